The van der Waals surface area contributed by atoms with Crippen LogP contribution in [0.4, 0.5) is 4.39 Å². The van der Waals surface area contributed by atoms with Crippen LogP contribution in [0.25, 0.3) is 0 Å². The van der Waals surface area contributed by atoms with E-state index in [4.69, 9.17) is 14.6 Å². The van der Waals surface area contributed by atoms with E-state index in [0.717, 1.165) is 19.4 Å². The molecule has 6 nitrogen and oxygen atoms in total. The Bertz CT molecular complexity index is 542. The molecule has 0 spiro atoms. The molecule has 0 radical (unpaired) electrons. The van der Waals surface area contributed by atoms with Gasteiger partial charge in [-0.25, -0.2) is 4.39 Å². The first-order valence-corrected chi connectivity index (χ1v) is 7.98. The number of hydrogen-bond acceptors (Lipinski definition) is 4. The normalized spacial score (nSPS) is 17.0. The number of aliphatic carboxylic acids is 1. The number of benzene rings is 1. The maximum atomic E-state index is 12.9. The Labute approximate surface area is 140 Å². The topological polar surface area (TPSA) is 76.1 Å². The van der Waals surface area contributed by atoms with Gasteiger partial charge >= 0.3 is 5.97 Å². The summed E-state index contributed by atoms with van der Waals surface area (Å²) in [4.78, 5) is 24.4. The first kappa shape index (κ1) is 18.4. The smallest absolute Gasteiger partial charge is 0.323 e. The first-order valence-electron chi connectivity index (χ1n) is 7.98. The number of carboxylic acids is 1. The summed E-state index contributed by atoms with van der Waals surface area (Å²) in [5.74, 6) is -1.78. The van der Waals surface area contributed by atoms with Crippen LogP contribution in [-0.4, -0.2) is 54.4 Å². The average Bonchev–Trinajstić information content (AvgIpc) is 3.06. The van der Waals surface area contributed by atoms with Crippen LogP contribution >= 0.6 is 0 Å². The zero-order valence-electron chi connectivity index (χ0n) is 13.4. The van der Waals surface area contributed by atoms with Gasteiger partial charge < -0.3 is 19.5 Å². The van der Waals surface area contributed by atoms with Gasteiger partial charge in [0.25, 0.3) is 0 Å². The molecule has 2 rings (SSSR count). The van der Waals surface area contributed by atoms with Crippen LogP contribution < -0.4 is 0 Å². The summed E-state index contributed by atoms with van der Waals surface area (Å²) in [5.41, 5.74) is 0.672. The molecule has 1 aromatic carbocycles. The molecule has 1 heterocycles. The van der Waals surface area contributed by atoms with Gasteiger partial charge in [-0.1, -0.05) is 12.1 Å². The molecule has 1 aliphatic rings. The third-order valence-electron chi connectivity index (χ3n) is 3.75. The van der Waals surface area contributed by atoms with Crippen molar-refractivity contribution in [3.8, 4) is 0 Å². The van der Waals surface area contributed by atoms with Crippen LogP contribution in [-0.2, 0) is 25.6 Å². The van der Waals surface area contributed by atoms with E-state index in [0.29, 0.717) is 12.2 Å². The van der Waals surface area contributed by atoms with Gasteiger partial charge in [0.15, 0.2) is 0 Å². The van der Waals surface area contributed by atoms with Crippen molar-refractivity contribution in [3.05, 3.63) is 35.6 Å². The molecule has 1 fully saturated rings. The minimum Gasteiger partial charge on any atom is -0.480 e. The van der Waals surface area contributed by atoms with Gasteiger partial charge in [0.05, 0.1) is 25.7 Å². The summed E-state index contributed by atoms with van der Waals surface area (Å²) in [7, 11) is 0. The Morgan fingerprint density at radius 3 is 2.71 bits per heavy atom. The second kappa shape index (κ2) is 9.34. The van der Waals surface area contributed by atoms with Crippen molar-refractivity contribution in [2.45, 2.75) is 31.9 Å². The molecule has 1 unspecified atom stereocenters. The zero-order chi connectivity index (χ0) is 17.4. The van der Waals surface area contributed by atoms with Crippen molar-refractivity contribution >= 4 is 11.9 Å². The van der Waals surface area contributed by atoms with Gasteiger partial charge in [-0.05, 0) is 30.5 Å². The quantitative estimate of drug-likeness (QED) is 0.695. The van der Waals surface area contributed by atoms with Crippen LogP contribution in [0, 0.1) is 5.82 Å². The summed E-state index contributed by atoms with van der Waals surface area (Å²) < 4.78 is 23.8. The Hall–Kier alpha value is -1.99. The predicted molar refractivity (Wildman–Crippen MR) is 83.9 cm³/mol. The monoisotopic (exact) mass is 339 g/mol. The zero-order valence-corrected chi connectivity index (χ0v) is 13.4. The molecule has 1 aliphatic heterocycles. The Morgan fingerprint density at radius 2 is 2.08 bits per heavy atom. The Morgan fingerprint density at radius 1 is 1.33 bits per heavy atom. The second-order valence-corrected chi connectivity index (χ2v) is 5.73. The van der Waals surface area contributed by atoms with E-state index in [1.54, 1.807) is 0 Å². The number of rotatable bonds is 9. The van der Waals surface area contributed by atoms with Gasteiger partial charge in [0.1, 0.15) is 12.4 Å². The van der Waals surface area contributed by atoms with Crippen LogP contribution in [0.15, 0.2) is 24.3 Å². The van der Waals surface area contributed by atoms with Crippen LogP contribution in [0.3, 0.4) is 0 Å². The maximum absolute atomic E-state index is 12.9. The minimum atomic E-state index is -1.09. The van der Waals surface area contributed by atoms with Crippen LogP contribution in [0.5, 0.6) is 0 Å². The van der Waals surface area contributed by atoms with E-state index in [2.05, 4.69) is 0 Å². The molecule has 0 aliphatic carbocycles. The summed E-state index contributed by atoms with van der Waals surface area (Å²) in [5, 5.41) is 8.97. The van der Waals surface area contributed by atoms with E-state index < -0.39 is 12.5 Å². The van der Waals surface area contributed by atoms with Gasteiger partial charge in [0.2, 0.25) is 5.91 Å². The number of carboxylic acid groups (broad SMARTS) is 1. The summed E-state index contributed by atoms with van der Waals surface area (Å²) in [6.07, 6.45) is 2.18. The standard InChI is InChI=1S/C17H22FNO5/c18-14-5-3-13(4-6-14)10-19(11-17(21)22)16(20)7-9-23-12-15-2-1-8-24-15/h3-6,15H,1-2,7-12H2,(H,21,22). The molecular weight excluding hydrogens is 317 g/mol. The van der Waals surface area contributed by atoms with E-state index in [1.807, 2.05) is 0 Å². The highest BCUT2D eigenvalue weighted by Crippen LogP contribution is 2.12. The SMILES string of the molecule is O=C(O)CN(Cc1ccc(F)cc1)C(=O)CCOCC1CCCO1. The molecule has 1 amide bonds. The van der Waals surface area contributed by atoms with Crippen molar-refractivity contribution in [3.63, 3.8) is 0 Å². The maximum Gasteiger partial charge on any atom is 0.323 e. The fraction of sp³-hybridized carbons (Fsp3) is 0.529. The van der Waals surface area contributed by atoms with Crippen LogP contribution in [0.1, 0.15) is 24.8 Å². The van der Waals surface area contributed by atoms with E-state index >= 15 is 0 Å². The molecule has 0 saturated carbocycles. The highest BCUT2D eigenvalue weighted by Gasteiger charge is 2.18. The number of nitrogens with zero attached hydrogens (tertiary/aromatic N) is 1. The third kappa shape index (κ3) is 6.25. The number of amides is 1. The van der Waals surface area contributed by atoms with Crippen molar-refractivity contribution < 1.29 is 28.6 Å². The van der Waals surface area contributed by atoms with Crippen molar-refractivity contribution in [2.75, 3.05) is 26.4 Å². The molecule has 24 heavy (non-hydrogen) atoms. The van der Waals surface area contributed by atoms with Crippen molar-refractivity contribution in [1.82, 2.24) is 4.90 Å². The summed E-state index contributed by atoms with van der Waals surface area (Å²) >= 11 is 0. The summed E-state index contributed by atoms with van der Waals surface area (Å²) in [6.45, 7) is 1.14. The lowest BCUT2D eigenvalue weighted by Gasteiger charge is -2.21. The van der Waals surface area contributed by atoms with E-state index in [9.17, 15) is 14.0 Å². The fourth-order valence-electron chi connectivity index (χ4n) is 2.51. The molecule has 1 aromatic rings. The number of ether oxygens (including phenoxy) is 2. The predicted octanol–water partition coefficient (Wildman–Crippen LogP) is 1.82. The molecule has 7 heteroatoms. The Balaban J connectivity index is 1.80. The molecule has 0 bridgehead atoms. The molecule has 1 atom stereocenters. The Kier molecular flexibility index (Phi) is 7.14. The average molecular weight is 339 g/mol. The highest BCUT2D eigenvalue weighted by atomic mass is 19.1. The van der Waals surface area contributed by atoms with Crippen LogP contribution in [0.2, 0.25) is 0 Å². The van der Waals surface area contributed by atoms with Gasteiger partial charge in [-0.2, -0.15) is 0 Å². The van der Waals surface area contributed by atoms with Gasteiger partial charge in [0, 0.05) is 13.2 Å². The third-order valence-corrected chi connectivity index (χ3v) is 3.75. The number of halogens is 1. The van der Waals surface area contributed by atoms with Crippen molar-refractivity contribution in [2.24, 2.45) is 0 Å². The van der Waals surface area contributed by atoms with Gasteiger partial charge in [-0.15, -0.1) is 0 Å². The van der Waals surface area contributed by atoms with E-state index in [1.165, 1.54) is 29.2 Å². The first-order chi connectivity index (χ1) is 11.5. The molecule has 0 aromatic heterocycles. The lowest BCUT2D eigenvalue weighted by molar-refractivity contribution is -0.145. The molecule has 1 saturated heterocycles. The lowest BCUT2D eigenvalue weighted by atomic mass is 10.2. The summed E-state index contributed by atoms with van der Waals surface area (Å²) in [6, 6.07) is 5.63. The lowest BCUT2D eigenvalue weighted by Crippen LogP contribution is -2.35. The molecule has 132 valence electrons. The number of carbonyl (C=O) groups is 2. The highest BCUT2D eigenvalue weighted by molar-refractivity contribution is 5.81. The van der Waals surface area contributed by atoms with Crippen molar-refractivity contribution in [1.29, 1.82) is 0 Å². The minimum absolute atomic E-state index is 0.0921. The molecular formula is C17H22FNO5. The van der Waals surface area contributed by atoms with Gasteiger partial charge in [-0.3, -0.25) is 9.59 Å². The fourth-order valence-corrected chi connectivity index (χ4v) is 2.51. The number of carbonyl (C=O) groups excluding carboxylic acids is 1. The second-order valence-electron chi connectivity index (χ2n) is 5.73. The van der Waals surface area contributed by atoms with E-state index in [-0.39, 0.29) is 37.4 Å². The molecule has 1 N–H and O–H groups in total. The largest absolute Gasteiger partial charge is 0.480 e. The number of hydrogen-bond donors (Lipinski definition) is 1.